The first-order valence-electron chi connectivity index (χ1n) is 10.7. The maximum Gasteiger partial charge on any atom is 0.243 e. The van der Waals surface area contributed by atoms with E-state index in [2.05, 4.69) is 20.5 Å². The van der Waals surface area contributed by atoms with Gasteiger partial charge in [0.2, 0.25) is 21.7 Å². The highest BCUT2D eigenvalue weighted by Gasteiger charge is 2.25. The van der Waals surface area contributed by atoms with Gasteiger partial charge in [0, 0.05) is 18.8 Å². The molecule has 4 rings (SSSR count). The zero-order chi connectivity index (χ0) is 23.8. The summed E-state index contributed by atoms with van der Waals surface area (Å²) in [7, 11) is -3.64. The number of nitrogens with zero attached hydrogens (tertiary/aromatic N) is 4. The Balaban J connectivity index is 1.55. The van der Waals surface area contributed by atoms with Gasteiger partial charge in [-0.2, -0.15) is 4.31 Å². The summed E-state index contributed by atoms with van der Waals surface area (Å²) in [6.07, 6.45) is 0. The Bertz CT molecular complexity index is 1420. The molecular formula is C22H26N6O3S2. The molecule has 0 aliphatic heterocycles. The molecule has 33 heavy (non-hydrogen) atoms. The number of anilines is 1. The number of carbonyl (C=O) groups is 1. The Hall–Kier alpha value is -2.89. The highest BCUT2D eigenvalue weighted by Crippen LogP contribution is 2.28. The van der Waals surface area contributed by atoms with E-state index < -0.39 is 15.3 Å². The fourth-order valence-corrected chi connectivity index (χ4v) is 6.21. The van der Waals surface area contributed by atoms with E-state index in [1.54, 1.807) is 39.8 Å². The molecule has 9 nitrogen and oxygen atoms in total. The van der Waals surface area contributed by atoms with E-state index in [1.165, 1.54) is 22.1 Å². The Kier molecular flexibility index (Phi) is 6.46. The van der Waals surface area contributed by atoms with Crippen LogP contribution < -0.4 is 5.32 Å². The quantitative estimate of drug-likeness (QED) is 0.368. The van der Waals surface area contributed by atoms with Crippen molar-refractivity contribution >= 4 is 50.2 Å². The number of thioether (sulfide) groups is 1. The molecular weight excluding hydrogens is 460 g/mol. The van der Waals surface area contributed by atoms with E-state index >= 15 is 0 Å². The van der Waals surface area contributed by atoms with Gasteiger partial charge >= 0.3 is 0 Å². The van der Waals surface area contributed by atoms with Crippen molar-refractivity contribution in [3.8, 4) is 0 Å². The number of fused-ring (bicyclic) bond motifs is 3. The van der Waals surface area contributed by atoms with Crippen molar-refractivity contribution in [2.45, 2.75) is 43.0 Å². The second-order valence-electron chi connectivity index (χ2n) is 7.58. The molecule has 0 aliphatic carbocycles. The minimum absolute atomic E-state index is 0.197. The van der Waals surface area contributed by atoms with Crippen LogP contribution in [0.5, 0.6) is 0 Å². The molecule has 2 aromatic heterocycles. The first kappa shape index (κ1) is 23.3. The van der Waals surface area contributed by atoms with E-state index in [0.29, 0.717) is 35.3 Å². The number of imidazole rings is 1. The normalized spacial score (nSPS) is 13.1. The van der Waals surface area contributed by atoms with Crippen molar-refractivity contribution in [3.05, 3.63) is 48.0 Å². The third-order valence-corrected chi connectivity index (χ3v) is 8.68. The van der Waals surface area contributed by atoms with Crippen LogP contribution in [0.25, 0.3) is 16.8 Å². The van der Waals surface area contributed by atoms with Gasteiger partial charge in [0.15, 0.2) is 5.16 Å². The fourth-order valence-electron chi connectivity index (χ4n) is 3.64. The second kappa shape index (κ2) is 9.16. The Labute approximate surface area is 196 Å². The average molecular weight is 487 g/mol. The van der Waals surface area contributed by atoms with E-state index in [9.17, 15) is 13.2 Å². The van der Waals surface area contributed by atoms with Gasteiger partial charge in [-0.05, 0) is 43.7 Å². The summed E-state index contributed by atoms with van der Waals surface area (Å²) in [6, 6.07) is 12.7. The molecule has 2 aromatic carbocycles. The number of amides is 1. The molecule has 2 N–H and O–H groups in total. The van der Waals surface area contributed by atoms with Crippen molar-refractivity contribution in [2.24, 2.45) is 0 Å². The molecule has 0 aliphatic rings. The predicted octanol–water partition coefficient (Wildman–Crippen LogP) is 3.67. The van der Waals surface area contributed by atoms with Gasteiger partial charge in [0.05, 0.1) is 21.2 Å². The molecule has 1 amide bonds. The number of H-pyrrole nitrogens is 1. The lowest BCUT2D eigenvalue weighted by molar-refractivity contribution is -0.115. The molecule has 0 bridgehead atoms. The Morgan fingerprint density at radius 1 is 1.21 bits per heavy atom. The molecule has 0 fully saturated rings. The lowest BCUT2D eigenvalue weighted by Gasteiger charge is -2.20. The highest BCUT2D eigenvalue weighted by atomic mass is 32.2. The lowest BCUT2D eigenvalue weighted by Crippen LogP contribution is -2.31. The molecule has 11 heteroatoms. The summed E-state index contributed by atoms with van der Waals surface area (Å²) in [4.78, 5) is 17.6. The minimum atomic E-state index is -3.64. The lowest BCUT2D eigenvalue weighted by atomic mass is 10.2. The van der Waals surface area contributed by atoms with Crippen LogP contribution >= 0.6 is 11.8 Å². The van der Waals surface area contributed by atoms with E-state index in [0.717, 1.165) is 11.0 Å². The largest absolute Gasteiger partial charge is 0.325 e. The number of nitrogens with one attached hydrogen (secondary N) is 2. The summed E-state index contributed by atoms with van der Waals surface area (Å²) in [5, 5.41) is 10.2. The van der Waals surface area contributed by atoms with E-state index in [1.807, 2.05) is 28.7 Å². The van der Waals surface area contributed by atoms with Crippen LogP contribution in [0.15, 0.2) is 52.5 Å². The zero-order valence-corrected chi connectivity index (χ0v) is 20.5. The number of aryl methyl sites for hydroxylation is 1. The molecule has 0 radical (unpaired) electrons. The standard InChI is InChI=1S/C22H26N6O3S2/c1-5-27(6-2)33(30,31)19-13-16(12-11-14(19)3)23-20(29)15(4)32-22-26-25-21-24-17-9-7-8-10-18(17)28(21)22/h7-13,15H,5-6H2,1-4H3,(H,23,29)(H,24,25)/t15-/m0/s1. The molecule has 0 spiro atoms. The van der Waals surface area contributed by atoms with Gasteiger partial charge in [-0.15, -0.1) is 5.10 Å². The number of aromatic amines is 1. The number of hydrogen-bond acceptors (Lipinski definition) is 6. The number of carbonyl (C=O) groups excluding carboxylic acids is 1. The number of hydrogen-bond donors (Lipinski definition) is 2. The average Bonchev–Trinajstić information content (AvgIpc) is 3.35. The predicted molar refractivity (Wildman–Crippen MR) is 130 cm³/mol. The van der Waals surface area contributed by atoms with Crippen LogP contribution in [-0.2, 0) is 14.8 Å². The number of para-hydroxylation sites is 2. The van der Waals surface area contributed by atoms with Crippen LogP contribution in [0.1, 0.15) is 26.3 Å². The summed E-state index contributed by atoms with van der Waals surface area (Å²) < 4.78 is 29.3. The van der Waals surface area contributed by atoms with Crippen molar-refractivity contribution in [3.63, 3.8) is 0 Å². The maximum absolute atomic E-state index is 13.0. The number of rotatable bonds is 8. The van der Waals surface area contributed by atoms with Crippen molar-refractivity contribution in [2.75, 3.05) is 18.4 Å². The summed E-state index contributed by atoms with van der Waals surface area (Å²) in [5.41, 5.74) is 2.81. The van der Waals surface area contributed by atoms with Gasteiger partial charge in [0.1, 0.15) is 0 Å². The molecule has 0 saturated carbocycles. The van der Waals surface area contributed by atoms with E-state index in [-0.39, 0.29) is 10.8 Å². The van der Waals surface area contributed by atoms with Gasteiger partial charge < -0.3 is 5.32 Å². The van der Waals surface area contributed by atoms with Crippen LogP contribution in [0.4, 0.5) is 5.69 Å². The molecule has 0 unspecified atom stereocenters. The smallest absolute Gasteiger partial charge is 0.243 e. The second-order valence-corrected chi connectivity index (χ2v) is 10.8. The molecule has 1 atom stereocenters. The van der Waals surface area contributed by atoms with Crippen molar-refractivity contribution in [1.82, 2.24) is 23.9 Å². The SMILES string of the molecule is CCN(CC)S(=O)(=O)c1cc(NC(=O)[C@H](C)Sc2n[nH]c3nc4ccccc4n23)ccc1C. The zero-order valence-electron chi connectivity index (χ0n) is 18.9. The summed E-state index contributed by atoms with van der Waals surface area (Å²) in [6.45, 7) is 7.89. The summed E-state index contributed by atoms with van der Waals surface area (Å²) in [5.74, 6) is 0.353. The highest BCUT2D eigenvalue weighted by molar-refractivity contribution is 8.00. The van der Waals surface area contributed by atoms with Crippen LogP contribution in [-0.4, -0.2) is 56.6 Å². The third kappa shape index (κ3) is 4.35. The minimum Gasteiger partial charge on any atom is -0.325 e. The fraction of sp³-hybridized carbons (Fsp3) is 0.318. The first-order valence-corrected chi connectivity index (χ1v) is 13.0. The van der Waals surface area contributed by atoms with Crippen molar-refractivity contribution in [1.29, 1.82) is 0 Å². The van der Waals surface area contributed by atoms with E-state index in [4.69, 9.17) is 0 Å². The molecule has 0 saturated heterocycles. The third-order valence-electron chi connectivity index (χ3n) is 5.43. The molecule has 4 aromatic rings. The maximum atomic E-state index is 13.0. The number of benzene rings is 2. The number of aromatic nitrogens is 4. The van der Waals surface area contributed by atoms with Gasteiger partial charge in [0.25, 0.3) is 0 Å². The number of sulfonamides is 1. The van der Waals surface area contributed by atoms with Crippen molar-refractivity contribution < 1.29 is 13.2 Å². The van der Waals surface area contributed by atoms with Crippen LogP contribution in [0.2, 0.25) is 0 Å². The monoisotopic (exact) mass is 486 g/mol. The topological polar surface area (TPSA) is 112 Å². The Morgan fingerprint density at radius 2 is 1.94 bits per heavy atom. The Morgan fingerprint density at radius 3 is 2.67 bits per heavy atom. The van der Waals surface area contributed by atoms with Crippen LogP contribution in [0.3, 0.4) is 0 Å². The van der Waals surface area contributed by atoms with Gasteiger partial charge in [-0.1, -0.05) is 43.8 Å². The molecule has 2 heterocycles. The van der Waals surface area contributed by atoms with Crippen LogP contribution in [0, 0.1) is 6.92 Å². The van der Waals surface area contributed by atoms with Gasteiger partial charge in [-0.25, -0.2) is 18.5 Å². The molecule has 174 valence electrons. The first-order chi connectivity index (χ1) is 15.8. The summed E-state index contributed by atoms with van der Waals surface area (Å²) >= 11 is 1.29. The van der Waals surface area contributed by atoms with Gasteiger partial charge in [-0.3, -0.25) is 9.20 Å².